The van der Waals surface area contributed by atoms with Crippen LogP contribution >= 0.6 is 0 Å². The van der Waals surface area contributed by atoms with Crippen LogP contribution in [-0.4, -0.2) is 40.0 Å². The number of hydrogen-bond donors (Lipinski definition) is 2. The monoisotopic (exact) mass is 356 g/mol. The number of hydrogen-bond acceptors (Lipinski definition) is 4. The molecule has 0 bridgehead atoms. The van der Waals surface area contributed by atoms with E-state index in [-0.39, 0.29) is 11.7 Å². The lowest BCUT2D eigenvalue weighted by molar-refractivity contribution is 0.0918. The van der Waals surface area contributed by atoms with E-state index in [2.05, 4.69) is 27.3 Å². The van der Waals surface area contributed by atoms with E-state index in [0.29, 0.717) is 6.54 Å². The normalized spacial score (nSPS) is 16.2. The van der Waals surface area contributed by atoms with Crippen LogP contribution < -0.4 is 16.6 Å². The average molecular weight is 356 g/mol. The minimum absolute atomic E-state index is 0.0106. The summed E-state index contributed by atoms with van der Waals surface area (Å²) in [4.78, 5) is 40.7. The van der Waals surface area contributed by atoms with Gasteiger partial charge in [-0.1, -0.05) is 36.8 Å². The van der Waals surface area contributed by atoms with Crippen LogP contribution in [0, 0.1) is 0 Å². The number of nitrogens with zero attached hydrogens (tertiary/aromatic N) is 2. The third-order valence-electron chi connectivity index (χ3n) is 4.86. The number of carbonyl (C=O) groups is 1. The number of aromatic nitrogens is 2. The molecule has 1 atom stereocenters. The largest absolute Gasteiger partial charge is 0.349 e. The van der Waals surface area contributed by atoms with Gasteiger partial charge in [-0.25, -0.2) is 4.79 Å². The summed E-state index contributed by atoms with van der Waals surface area (Å²) < 4.78 is 0.928. The fraction of sp³-hybridized carbons (Fsp3) is 0.421. The first-order chi connectivity index (χ1) is 12.6. The standard InChI is InChI=1S/C19H24N4O3/c1-22-17(24)12-15(21-19(22)26)18(25)20-13-16(14-8-4-2-5-9-14)23-10-6-3-7-11-23/h2,4-5,8-9,12,16H,3,6-7,10-11,13H2,1H3,(H,20,25)(H,21,26)/t16-/m0/s1. The molecule has 1 aliphatic rings. The van der Waals surface area contributed by atoms with Crippen molar-refractivity contribution in [1.82, 2.24) is 19.8 Å². The topological polar surface area (TPSA) is 87.2 Å². The Kier molecular flexibility index (Phi) is 5.68. The Labute approximate surface area is 151 Å². The van der Waals surface area contributed by atoms with Gasteiger partial charge in [0.05, 0.1) is 6.04 Å². The van der Waals surface area contributed by atoms with Gasteiger partial charge in [-0.05, 0) is 31.5 Å². The Bertz CT molecular complexity index is 835. The van der Waals surface area contributed by atoms with Crippen molar-refractivity contribution in [3.8, 4) is 0 Å². The second-order valence-corrected chi connectivity index (χ2v) is 6.62. The molecule has 1 aromatic carbocycles. The first kappa shape index (κ1) is 18.1. The minimum atomic E-state index is -0.599. The highest BCUT2D eigenvalue weighted by molar-refractivity contribution is 5.92. The van der Waals surface area contributed by atoms with E-state index in [9.17, 15) is 14.4 Å². The number of piperidine rings is 1. The maximum atomic E-state index is 12.4. The molecule has 138 valence electrons. The van der Waals surface area contributed by atoms with E-state index in [0.717, 1.165) is 42.1 Å². The van der Waals surface area contributed by atoms with Crippen LogP contribution in [0.1, 0.15) is 41.4 Å². The smallest absolute Gasteiger partial charge is 0.328 e. The van der Waals surface area contributed by atoms with E-state index in [4.69, 9.17) is 0 Å². The van der Waals surface area contributed by atoms with E-state index >= 15 is 0 Å². The number of carbonyl (C=O) groups excluding carboxylic acids is 1. The third kappa shape index (κ3) is 4.11. The quantitative estimate of drug-likeness (QED) is 0.838. The number of likely N-dealkylation sites (tertiary alicyclic amines) is 1. The molecule has 0 spiro atoms. The van der Waals surface area contributed by atoms with Crippen molar-refractivity contribution < 1.29 is 4.79 Å². The molecule has 0 unspecified atom stereocenters. The summed E-state index contributed by atoms with van der Waals surface area (Å²) in [7, 11) is 1.37. The predicted octanol–water partition coefficient (Wildman–Crippen LogP) is 1.03. The van der Waals surface area contributed by atoms with Crippen LogP contribution in [0.3, 0.4) is 0 Å². The lowest BCUT2D eigenvalue weighted by atomic mass is 10.0. The molecule has 3 rings (SSSR count). The first-order valence-electron chi connectivity index (χ1n) is 8.94. The summed E-state index contributed by atoms with van der Waals surface area (Å²) in [6, 6.07) is 11.3. The van der Waals surface area contributed by atoms with Crippen molar-refractivity contribution in [2.24, 2.45) is 7.05 Å². The summed E-state index contributed by atoms with van der Waals surface area (Å²) in [6.45, 7) is 2.41. The van der Waals surface area contributed by atoms with E-state index < -0.39 is 17.2 Å². The van der Waals surface area contributed by atoms with Crippen LogP contribution in [-0.2, 0) is 7.05 Å². The zero-order chi connectivity index (χ0) is 18.5. The lowest BCUT2D eigenvalue weighted by Gasteiger charge is -2.35. The Morgan fingerprint density at radius 3 is 2.50 bits per heavy atom. The van der Waals surface area contributed by atoms with Crippen molar-refractivity contribution in [3.05, 3.63) is 68.5 Å². The molecule has 0 aliphatic carbocycles. The van der Waals surface area contributed by atoms with Crippen molar-refractivity contribution in [3.63, 3.8) is 0 Å². The van der Waals surface area contributed by atoms with Crippen LogP contribution in [0.5, 0.6) is 0 Å². The molecule has 1 aliphatic heterocycles. The zero-order valence-electron chi connectivity index (χ0n) is 14.9. The van der Waals surface area contributed by atoms with Crippen molar-refractivity contribution >= 4 is 5.91 Å². The summed E-state index contributed by atoms with van der Waals surface area (Å²) in [5.74, 6) is -0.447. The summed E-state index contributed by atoms with van der Waals surface area (Å²) >= 11 is 0. The van der Waals surface area contributed by atoms with Crippen LogP contribution in [0.15, 0.2) is 46.0 Å². The van der Waals surface area contributed by atoms with Crippen molar-refractivity contribution in [2.75, 3.05) is 19.6 Å². The highest BCUT2D eigenvalue weighted by Crippen LogP contribution is 2.24. The highest BCUT2D eigenvalue weighted by Gasteiger charge is 2.23. The van der Waals surface area contributed by atoms with Gasteiger partial charge in [0.15, 0.2) is 0 Å². The van der Waals surface area contributed by atoms with Gasteiger partial charge in [0, 0.05) is 19.7 Å². The number of benzene rings is 1. The molecule has 2 aromatic rings. The number of H-pyrrole nitrogens is 1. The van der Waals surface area contributed by atoms with Crippen LogP contribution in [0.4, 0.5) is 0 Å². The minimum Gasteiger partial charge on any atom is -0.349 e. The van der Waals surface area contributed by atoms with Gasteiger partial charge in [0.2, 0.25) is 0 Å². The van der Waals surface area contributed by atoms with Crippen molar-refractivity contribution in [1.29, 1.82) is 0 Å². The fourth-order valence-electron chi connectivity index (χ4n) is 3.33. The van der Waals surface area contributed by atoms with Crippen molar-refractivity contribution in [2.45, 2.75) is 25.3 Å². The van der Waals surface area contributed by atoms with E-state index in [1.807, 2.05) is 18.2 Å². The molecular weight excluding hydrogens is 332 g/mol. The molecule has 1 saturated heterocycles. The van der Waals surface area contributed by atoms with Crippen LogP contribution in [0.2, 0.25) is 0 Å². The Hall–Kier alpha value is -2.67. The number of rotatable bonds is 5. The zero-order valence-corrected chi connectivity index (χ0v) is 14.9. The molecule has 1 aromatic heterocycles. The van der Waals surface area contributed by atoms with Gasteiger partial charge in [-0.15, -0.1) is 0 Å². The molecule has 26 heavy (non-hydrogen) atoms. The van der Waals surface area contributed by atoms with Gasteiger partial charge in [0.1, 0.15) is 5.69 Å². The van der Waals surface area contributed by atoms with Gasteiger partial charge in [-0.3, -0.25) is 19.1 Å². The second-order valence-electron chi connectivity index (χ2n) is 6.62. The van der Waals surface area contributed by atoms with Crippen LogP contribution in [0.25, 0.3) is 0 Å². The first-order valence-corrected chi connectivity index (χ1v) is 8.94. The average Bonchev–Trinajstić information content (AvgIpc) is 2.67. The predicted molar refractivity (Wildman–Crippen MR) is 99.2 cm³/mol. The van der Waals surface area contributed by atoms with Gasteiger partial charge in [0.25, 0.3) is 11.5 Å². The maximum Gasteiger partial charge on any atom is 0.328 e. The van der Waals surface area contributed by atoms with Gasteiger partial charge in [-0.2, -0.15) is 0 Å². The fourth-order valence-corrected chi connectivity index (χ4v) is 3.33. The number of amides is 1. The molecule has 2 heterocycles. The Morgan fingerprint density at radius 2 is 1.85 bits per heavy atom. The molecule has 2 N–H and O–H groups in total. The van der Waals surface area contributed by atoms with E-state index in [1.165, 1.54) is 13.5 Å². The molecular formula is C19H24N4O3. The maximum absolute atomic E-state index is 12.4. The molecule has 1 amide bonds. The summed E-state index contributed by atoms with van der Waals surface area (Å²) in [5.41, 5.74) is 0.0311. The molecule has 0 radical (unpaired) electrons. The Balaban J connectivity index is 1.76. The molecule has 7 heteroatoms. The van der Waals surface area contributed by atoms with Gasteiger partial charge < -0.3 is 10.3 Å². The summed E-state index contributed by atoms with van der Waals surface area (Å²) in [5, 5.41) is 2.87. The number of aromatic amines is 1. The van der Waals surface area contributed by atoms with E-state index in [1.54, 1.807) is 0 Å². The highest BCUT2D eigenvalue weighted by atomic mass is 16.2. The molecule has 0 saturated carbocycles. The molecule has 1 fully saturated rings. The SMILES string of the molecule is Cn1c(=O)cc(C(=O)NC[C@@H](c2ccccc2)N2CCCCC2)[nH]c1=O. The third-order valence-corrected chi connectivity index (χ3v) is 4.86. The number of nitrogens with one attached hydrogen (secondary N) is 2. The second kappa shape index (κ2) is 8.14. The lowest BCUT2D eigenvalue weighted by Crippen LogP contribution is -2.42. The summed E-state index contributed by atoms with van der Waals surface area (Å²) in [6.07, 6.45) is 3.54. The Morgan fingerprint density at radius 1 is 1.15 bits per heavy atom. The van der Waals surface area contributed by atoms with Gasteiger partial charge >= 0.3 is 5.69 Å². The molecule has 7 nitrogen and oxygen atoms in total.